The molecule has 2 saturated heterocycles. The minimum atomic E-state index is -4.50. The molecule has 0 saturated carbocycles. The first-order valence-corrected chi connectivity index (χ1v) is 10.2. The van der Waals surface area contributed by atoms with Crippen molar-refractivity contribution in [2.75, 3.05) is 49.6 Å². The van der Waals surface area contributed by atoms with Crippen molar-refractivity contribution >= 4 is 17.6 Å². The molecular weight excluding hydrogens is 425 g/mol. The minimum Gasteiger partial charge on any atom is -0.378 e. The fraction of sp³-hybridized carbons (Fsp3) is 0.400. The number of ether oxygens (including phenoxy) is 1. The molecule has 2 aliphatic heterocycles. The fourth-order valence-electron chi connectivity index (χ4n) is 3.70. The van der Waals surface area contributed by atoms with E-state index < -0.39 is 11.7 Å². The maximum Gasteiger partial charge on any atom is 0.416 e. The van der Waals surface area contributed by atoms with Crippen LogP contribution in [0.4, 0.5) is 30.8 Å². The molecular formula is C20H21F3N8O. The molecule has 2 fully saturated rings. The Morgan fingerprint density at radius 3 is 2.56 bits per heavy atom. The molecule has 0 atom stereocenters. The van der Waals surface area contributed by atoms with Crippen LogP contribution in [0.5, 0.6) is 0 Å². The van der Waals surface area contributed by atoms with Crippen LogP contribution in [0.25, 0.3) is 5.69 Å². The number of halogens is 3. The molecule has 0 unspecified atom stereocenters. The van der Waals surface area contributed by atoms with Gasteiger partial charge in [-0.2, -0.15) is 18.2 Å². The van der Waals surface area contributed by atoms with Crippen LogP contribution in [0.15, 0.2) is 43.0 Å². The van der Waals surface area contributed by atoms with Crippen LogP contribution in [0, 0.1) is 0 Å². The summed E-state index contributed by atoms with van der Waals surface area (Å²) >= 11 is 0. The third-order valence-electron chi connectivity index (χ3n) is 5.56. The second-order valence-electron chi connectivity index (χ2n) is 7.66. The molecule has 9 nitrogen and oxygen atoms in total. The summed E-state index contributed by atoms with van der Waals surface area (Å²) in [5.41, 5.74) is -0.0908. The zero-order chi connectivity index (χ0) is 22.1. The zero-order valence-corrected chi connectivity index (χ0v) is 17.0. The zero-order valence-electron chi connectivity index (χ0n) is 17.0. The Labute approximate surface area is 181 Å². The third kappa shape index (κ3) is 4.36. The summed E-state index contributed by atoms with van der Waals surface area (Å²) in [6.45, 7) is 4.14. The van der Waals surface area contributed by atoms with E-state index in [4.69, 9.17) is 4.74 Å². The predicted octanol–water partition coefficient (Wildman–Crippen LogP) is 2.34. The molecule has 3 aromatic rings. The van der Waals surface area contributed by atoms with Crippen LogP contribution in [0.3, 0.4) is 0 Å². The standard InChI is InChI=1S/C20H21F3N8O/c21-20(22,23)14-8-17(27-19-25-13-31(28-19)15-2-1-3-24-10-15)26-18(9-14)30-6-4-29(5-7-30)16-11-32-12-16/h1-3,8-10,13,16H,4-7,11-12H2,(H,26,27,28). The van der Waals surface area contributed by atoms with E-state index in [9.17, 15) is 13.2 Å². The third-order valence-corrected chi connectivity index (χ3v) is 5.56. The summed E-state index contributed by atoms with van der Waals surface area (Å²) in [5, 5.41) is 7.06. The van der Waals surface area contributed by atoms with Gasteiger partial charge in [0.25, 0.3) is 0 Å². The Morgan fingerprint density at radius 2 is 1.91 bits per heavy atom. The number of rotatable bonds is 5. The van der Waals surface area contributed by atoms with Crippen molar-refractivity contribution in [1.29, 1.82) is 0 Å². The van der Waals surface area contributed by atoms with Gasteiger partial charge in [-0.3, -0.25) is 9.88 Å². The summed E-state index contributed by atoms with van der Waals surface area (Å²) in [7, 11) is 0. The van der Waals surface area contributed by atoms with Crippen LogP contribution in [0.2, 0.25) is 0 Å². The predicted molar refractivity (Wildman–Crippen MR) is 110 cm³/mol. The summed E-state index contributed by atoms with van der Waals surface area (Å²) in [6, 6.07) is 6.01. The normalized spacial score (nSPS) is 17.9. The minimum absolute atomic E-state index is 0.0357. The molecule has 32 heavy (non-hydrogen) atoms. The SMILES string of the molecule is FC(F)(F)c1cc(Nc2ncn(-c3cccnc3)n2)nc(N2CCN(C3COC3)CC2)c1. The molecule has 0 radical (unpaired) electrons. The number of nitrogens with zero attached hydrogens (tertiary/aromatic N) is 7. The lowest BCUT2D eigenvalue weighted by atomic mass is 10.1. The number of hydrogen-bond donors (Lipinski definition) is 1. The van der Waals surface area contributed by atoms with Crippen LogP contribution in [0.1, 0.15) is 5.56 Å². The van der Waals surface area contributed by atoms with Gasteiger partial charge in [-0.25, -0.2) is 9.67 Å². The highest BCUT2D eigenvalue weighted by atomic mass is 19.4. The Balaban J connectivity index is 1.36. The monoisotopic (exact) mass is 446 g/mol. The van der Waals surface area contributed by atoms with Gasteiger partial charge >= 0.3 is 6.18 Å². The number of hydrogen-bond acceptors (Lipinski definition) is 8. The van der Waals surface area contributed by atoms with Gasteiger partial charge in [0, 0.05) is 32.4 Å². The molecule has 0 bridgehead atoms. The van der Waals surface area contributed by atoms with Gasteiger partial charge < -0.3 is 15.0 Å². The lowest BCUT2D eigenvalue weighted by Crippen LogP contribution is -2.56. The average Bonchev–Trinajstić information content (AvgIpc) is 3.21. The van der Waals surface area contributed by atoms with Crippen molar-refractivity contribution in [2.24, 2.45) is 0 Å². The first kappa shape index (κ1) is 20.6. The number of nitrogens with one attached hydrogen (secondary N) is 1. The molecule has 2 aliphatic rings. The molecule has 1 N–H and O–H groups in total. The topological polar surface area (TPSA) is 84.2 Å². The average molecular weight is 446 g/mol. The van der Waals surface area contributed by atoms with E-state index in [2.05, 4.69) is 30.3 Å². The molecule has 0 aromatic carbocycles. The van der Waals surface area contributed by atoms with E-state index in [0.29, 0.717) is 38.0 Å². The van der Waals surface area contributed by atoms with Crippen LogP contribution in [-0.2, 0) is 10.9 Å². The van der Waals surface area contributed by atoms with Crippen LogP contribution < -0.4 is 10.2 Å². The summed E-state index contributed by atoms with van der Waals surface area (Å²) < 4.78 is 47.4. The Bertz CT molecular complexity index is 1060. The van der Waals surface area contributed by atoms with Gasteiger partial charge in [0.2, 0.25) is 5.95 Å². The molecule has 5 heterocycles. The summed E-state index contributed by atoms with van der Waals surface area (Å²) in [6.07, 6.45) is 0.195. The van der Waals surface area contributed by atoms with Gasteiger partial charge in [0.05, 0.1) is 36.7 Å². The van der Waals surface area contributed by atoms with Crippen molar-refractivity contribution in [3.8, 4) is 5.69 Å². The highest BCUT2D eigenvalue weighted by Gasteiger charge is 2.34. The number of piperazine rings is 1. The Morgan fingerprint density at radius 1 is 1.09 bits per heavy atom. The van der Waals surface area contributed by atoms with Crippen LogP contribution >= 0.6 is 0 Å². The maximum atomic E-state index is 13.6. The van der Waals surface area contributed by atoms with E-state index in [1.807, 2.05) is 4.90 Å². The molecule has 5 rings (SSSR count). The molecule has 12 heteroatoms. The lowest BCUT2D eigenvalue weighted by molar-refractivity contribution is -0.137. The van der Waals surface area contributed by atoms with E-state index in [1.165, 1.54) is 11.0 Å². The first-order chi connectivity index (χ1) is 15.5. The maximum absolute atomic E-state index is 13.6. The van der Waals surface area contributed by atoms with E-state index in [1.54, 1.807) is 24.5 Å². The van der Waals surface area contributed by atoms with E-state index >= 15 is 0 Å². The van der Waals surface area contributed by atoms with Gasteiger partial charge in [-0.1, -0.05) is 0 Å². The molecule has 0 spiro atoms. The Kier molecular flexibility index (Phi) is 5.39. The van der Waals surface area contributed by atoms with Crippen molar-refractivity contribution in [3.63, 3.8) is 0 Å². The van der Waals surface area contributed by atoms with E-state index in [0.717, 1.165) is 25.2 Å². The largest absolute Gasteiger partial charge is 0.416 e. The van der Waals surface area contributed by atoms with Crippen molar-refractivity contribution in [2.45, 2.75) is 12.2 Å². The van der Waals surface area contributed by atoms with Gasteiger partial charge in [-0.15, -0.1) is 5.10 Å². The quantitative estimate of drug-likeness (QED) is 0.640. The van der Waals surface area contributed by atoms with Gasteiger partial charge in [-0.05, 0) is 24.3 Å². The molecule has 3 aromatic heterocycles. The van der Waals surface area contributed by atoms with Gasteiger partial charge in [0.15, 0.2) is 0 Å². The number of anilines is 3. The second-order valence-corrected chi connectivity index (χ2v) is 7.66. The lowest BCUT2D eigenvalue weighted by Gasteiger charge is -2.43. The molecule has 0 aliphatic carbocycles. The fourth-order valence-corrected chi connectivity index (χ4v) is 3.70. The van der Waals surface area contributed by atoms with Crippen molar-refractivity contribution in [3.05, 3.63) is 48.5 Å². The molecule has 0 amide bonds. The number of aromatic nitrogens is 5. The summed E-state index contributed by atoms with van der Waals surface area (Å²) in [5.74, 6) is 0.452. The van der Waals surface area contributed by atoms with Crippen molar-refractivity contribution < 1.29 is 17.9 Å². The first-order valence-electron chi connectivity index (χ1n) is 10.2. The smallest absolute Gasteiger partial charge is 0.378 e. The van der Waals surface area contributed by atoms with E-state index in [-0.39, 0.29) is 17.6 Å². The second kappa shape index (κ2) is 8.36. The highest BCUT2D eigenvalue weighted by Crippen LogP contribution is 2.33. The summed E-state index contributed by atoms with van der Waals surface area (Å²) in [4.78, 5) is 16.7. The van der Waals surface area contributed by atoms with Crippen LogP contribution in [-0.4, -0.2) is 75.1 Å². The Hall–Kier alpha value is -3.25. The number of alkyl halides is 3. The highest BCUT2D eigenvalue weighted by molar-refractivity contribution is 5.56. The number of pyridine rings is 2. The molecule has 168 valence electrons. The van der Waals surface area contributed by atoms with Gasteiger partial charge in [0.1, 0.15) is 18.0 Å². The van der Waals surface area contributed by atoms with Crippen molar-refractivity contribution in [1.82, 2.24) is 29.6 Å².